The highest BCUT2D eigenvalue weighted by molar-refractivity contribution is 8.15. The van der Waals surface area contributed by atoms with E-state index < -0.39 is 0 Å². The number of phenols is 1. The second-order valence-corrected chi connectivity index (χ2v) is 6.70. The highest BCUT2D eigenvalue weighted by atomic mass is 32.2. The number of methoxy groups -OCH3 is 1. The van der Waals surface area contributed by atoms with Gasteiger partial charge in [0, 0.05) is 0 Å². The minimum absolute atomic E-state index is 0.0400. The molecule has 0 bridgehead atoms. The van der Waals surface area contributed by atoms with Gasteiger partial charge in [-0.25, -0.2) is 4.39 Å². The number of amides is 1. The molecule has 1 atom stereocenters. The number of carbonyl (C=O) groups is 1. The van der Waals surface area contributed by atoms with Gasteiger partial charge in [0.05, 0.1) is 18.6 Å². The first kappa shape index (κ1) is 17.9. The van der Waals surface area contributed by atoms with Crippen molar-refractivity contribution in [1.82, 2.24) is 5.32 Å². The average Bonchev–Trinajstić information content (AvgIpc) is 2.98. The molecule has 26 heavy (non-hydrogen) atoms. The van der Waals surface area contributed by atoms with Crippen molar-refractivity contribution in [3.05, 3.63) is 59.4 Å². The van der Waals surface area contributed by atoms with Crippen molar-refractivity contribution in [2.24, 2.45) is 10.2 Å². The van der Waals surface area contributed by atoms with Gasteiger partial charge in [0.25, 0.3) is 0 Å². The van der Waals surface area contributed by atoms with Crippen LogP contribution in [0.15, 0.2) is 52.7 Å². The van der Waals surface area contributed by atoms with Gasteiger partial charge in [-0.15, -0.1) is 5.10 Å². The first-order valence-corrected chi connectivity index (χ1v) is 8.63. The highest BCUT2D eigenvalue weighted by Gasteiger charge is 2.30. The van der Waals surface area contributed by atoms with Crippen LogP contribution < -0.4 is 10.1 Å². The molecule has 2 N–H and O–H groups in total. The van der Waals surface area contributed by atoms with Crippen molar-refractivity contribution in [3.8, 4) is 11.5 Å². The fourth-order valence-corrected chi connectivity index (χ4v) is 3.31. The number of aromatic hydroxyl groups is 1. The molecule has 2 aromatic rings. The number of thioether (sulfide) groups is 1. The molecule has 1 amide bonds. The van der Waals surface area contributed by atoms with Gasteiger partial charge in [0.15, 0.2) is 16.7 Å². The van der Waals surface area contributed by atoms with Crippen molar-refractivity contribution in [1.29, 1.82) is 0 Å². The normalized spacial score (nSPS) is 18.5. The predicted molar refractivity (Wildman–Crippen MR) is 99.3 cm³/mol. The molecule has 8 heteroatoms. The topological polar surface area (TPSA) is 83.3 Å². The van der Waals surface area contributed by atoms with E-state index in [4.69, 9.17) is 4.74 Å². The Bertz CT molecular complexity index is 868. The molecule has 0 radical (unpaired) electrons. The molecule has 0 aromatic heterocycles. The van der Waals surface area contributed by atoms with Gasteiger partial charge >= 0.3 is 0 Å². The quantitative estimate of drug-likeness (QED) is 0.624. The fourth-order valence-electron chi connectivity index (χ4n) is 2.34. The lowest BCUT2D eigenvalue weighted by Crippen LogP contribution is -2.25. The Kier molecular flexibility index (Phi) is 5.52. The Morgan fingerprint density at radius 3 is 2.81 bits per heavy atom. The summed E-state index contributed by atoms with van der Waals surface area (Å²) in [5, 5.41) is 20.3. The van der Waals surface area contributed by atoms with E-state index in [0.29, 0.717) is 22.9 Å². The Balaban J connectivity index is 1.63. The number of ether oxygens (including phenoxy) is 1. The van der Waals surface area contributed by atoms with Crippen molar-refractivity contribution in [2.75, 3.05) is 7.11 Å². The zero-order chi connectivity index (χ0) is 18.5. The fraction of sp³-hybridized carbons (Fsp3) is 0.167. The van der Waals surface area contributed by atoms with Gasteiger partial charge in [-0.3, -0.25) is 4.79 Å². The van der Waals surface area contributed by atoms with Gasteiger partial charge < -0.3 is 15.2 Å². The summed E-state index contributed by atoms with van der Waals surface area (Å²) in [6.45, 7) is 0. The molecule has 2 aromatic carbocycles. The van der Waals surface area contributed by atoms with Gasteiger partial charge in [-0.05, 0) is 47.9 Å². The molecule has 1 aliphatic heterocycles. The number of phenolic OH excluding ortho intramolecular Hbond substituents is 1. The molecule has 1 unspecified atom stereocenters. The molecular formula is C18H16FN3O3S. The Labute approximate surface area is 153 Å². The maximum absolute atomic E-state index is 12.9. The monoisotopic (exact) mass is 373 g/mol. The van der Waals surface area contributed by atoms with Crippen LogP contribution in [0.3, 0.4) is 0 Å². The second kappa shape index (κ2) is 8.01. The van der Waals surface area contributed by atoms with Crippen LogP contribution in [-0.4, -0.2) is 34.8 Å². The molecule has 134 valence electrons. The Morgan fingerprint density at radius 2 is 2.08 bits per heavy atom. The van der Waals surface area contributed by atoms with Crippen LogP contribution >= 0.6 is 11.8 Å². The molecule has 1 heterocycles. The molecule has 0 saturated carbocycles. The maximum Gasteiger partial charge on any atom is 0.239 e. The molecule has 0 spiro atoms. The van der Waals surface area contributed by atoms with Crippen LogP contribution in [-0.2, 0) is 11.2 Å². The third-order valence-corrected chi connectivity index (χ3v) is 4.74. The Hall–Kier alpha value is -2.87. The molecule has 1 aliphatic rings. The summed E-state index contributed by atoms with van der Waals surface area (Å²) in [6, 6.07) is 10.9. The van der Waals surface area contributed by atoms with Crippen LogP contribution in [0.25, 0.3) is 0 Å². The number of carbonyl (C=O) groups excluding carboxylic acids is 1. The van der Waals surface area contributed by atoms with Gasteiger partial charge in [0.2, 0.25) is 5.91 Å². The number of hydrogen-bond donors (Lipinski definition) is 2. The Morgan fingerprint density at radius 1 is 1.31 bits per heavy atom. The summed E-state index contributed by atoms with van der Waals surface area (Å²) in [6.07, 6.45) is 1.98. The van der Waals surface area contributed by atoms with E-state index >= 15 is 0 Å². The largest absolute Gasteiger partial charge is 0.504 e. The van der Waals surface area contributed by atoms with E-state index in [2.05, 4.69) is 15.5 Å². The summed E-state index contributed by atoms with van der Waals surface area (Å²) in [7, 11) is 1.46. The molecule has 1 saturated heterocycles. The van der Waals surface area contributed by atoms with Crippen LogP contribution in [0.4, 0.5) is 4.39 Å². The molecule has 1 fully saturated rings. The van der Waals surface area contributed by atoms with E-state index in [1.807, 2.05) is 0 Å². The number of nitrogens with zero attached hydrogens (tertiary/aromatic N) is 2. The van der Waals surface area contributed by atoms with Crippen LogP contribution in [0.5, 0.6) is 11.5 Å². The summed E-state index contributed by atoms with van der Waals surface area (Å²) in [5.74, 6) is -0.0815. The number of rotatable bonds is 5. The van der Waals surface area contributed by atoms with Crippen molar-refractivity contribution < 1.29 is 19.0 Å². The first-order valence-electron chi connectivity index (χ1n) is 7.75. The molecule has 0 aliphatic carbocycles. The lowest BCUT2D eigenvalue weighted by atomic mass is 10.1. The molecule has 3 rings (SSSR count). The van der Waals surface area contributed by atoms with Crippen LogP contribution in [0, 0.1) is 5.82 Å². The predicted octanol–water partition coefficient (Wildman–Crippen LogP) is 2.70. The zero-order valence-corrected chi connectivity index (χ0v) is 14.7. The SMILES string of the molecule is COc1cc(/C=N/N=C2\NC(=O)C(Cc3ccc(F)cc3)S2)ccc1O. The second-order valence-electron chi connectivity index (χ2n) is 5.51. The summed E-state index contributed by atoms with van der Waals surface area (Å²) in [5.41, 5.74) is 1.57. The van der Waals surface area contributed by atoms with Gasteiger partial charge in [-0.2, -0.15) is 5.10 Å². The zero-order valence-electron chi connectivity index (χ0n) is 13.8. The number of nitrogens with one attached hydrogen (secondary N) is 1. The van der Waals surface area contributed by atoms with E-state index in [-0.39, 0.29) is 22.7 Å². The van der Waals surface area contributed by atoms with Crippen molar-refractivity contribution in [2.45, 2.75) is 11.7 Å². The number of benzene rings is 2. The maximum atomic E-state index is 12.9. The summed E-state index contributed by atoms with van der Waals surface area (Å²) < 4.78 is 18.0. The van der Waals surface area contributed by atoms with Crippen LogP contribution in [0.1, 0.15) is 11.1 Å². The first-order chi connectivity index (χ1) is 12.5. The molecule has 6 nitrogen and oxygen atoms in total. The lowest BCUT2D eigenvalue weighted by molar-refractivity contribution is -0.118. The van der Waals surface area contributed by atoms with E-state index in [1.54, 1.807) is 24.3 Å². The third kappa shape index (κ3) is 4.40. The molecular weight excluding hydrogens is 357 g/mol. The minimum Gasteiger partial charge on any atom is -0.504 e. The number of halogens is 1. The van der Waals surface area contributed by atoms with E-state index in [1.165, 1.54) is 43.3 Å². The number of amidine groups is 1. The van der Waals surface area contributed by atoms with Gasteiger partial charge in [0.1, 0.15) is 5.82 Å². The van der Waals surface area contributed by atoms with E-state index in [0.717, 1.165) is 5.56 Å². The van der Waals surface area contributed by atoms with Gasteiger partial charge in [-0.1, -0.05) is 23.9 Å². The highest BCUT2D eigenvalue weighted by Crippen LogP contribution is 2.26. The van der Waals surface area contributed by atoms with E-state index in [9.17, 15) is 14.3 Å². The summed E-state index contributed by atoms with van der Waals surface area (Å²) >= 11 is 1.28. The van der Waals surface area contributed by atoms with Crippen LogP contribution in [0.2, 0.25) is 0 Å². The standard InChI is InChI=1S/C18H16FN3O3S/c1-25-15-8-12(4-7-14(15)23)10-20-22-18-21-17(24)16(26-18)9-11-2-5-13(19)6-3-11/h2-8,10,16,23H,9H2,1H3,(H,21,22,24)/b20-10+. The number of hydrogen-bond acceptors (Lipinski definition) is 6. The minimum atomic E-state index is -0.330. The summed E-state index contributed by atoms with van der Waals surface area (Å²) in [4.78, 5) is 12.0. The van der Waals surface area contributed by atoms with Crippen molar-refractivity contribution in [3.63, 3.8) is 0 Å². The smallest absolute Gasteiger partial charge is 0.239 e. The average molecular weight is 373 g/mol. The lowest BCUT2D eigenvalue weighted by Gasteiger charge is -2.04. The van der Waals surface area contributed by atoms with Crippen molar-refractivity contribution >= 4 is 29.1 Å². The third-order valence-electron chi connectivity index (χ3n) is 3.67.